The van der Waals surface area contributed by atoms with E-state index in [0.717, 1.165) is 37.5 Å². The molecule has 2 aromatic carbocycles. The Bertz CT molecular complexity index is 1120. The van der Waals surface area contributed by atoms with Crippen LogP contribution in [0.5, 0.6) is 0 Å². The molecule has 4 atom stereocenters. The number of benzene rings is 2. The van der Waals surface area contributed by atoms with Crippen molar-refractivity contribution in [1.29, 1.82) is 0 Å². The van der Waals surface area contributed by atoms with Crippen molar-refractivity contribution in [2.75, 3.05) is 4.90 Å². The van der Waals surface area contributed by atoms with Crippen LogP contribution in [-0.4, -0.2) is 39.1 Å². The molecule has 9 heteroatoms. The maximum absolute atomic E-state index is 14.4. The molecule has 1 aliphatic heterocycles. The summed E-state index contributed by atoms with van der Waals surface area (Å²) in [5, 5.41) is 20.2. The van der Waals surface area contributed by atoms with Crippen molar-refractivity contribution < 1.29 is 33.0 Å². The summed E-state index contributed by atoms with van der Waals surface area (Å²) in [6.45, 7) is 0. The second-order valence-electron chi connectivity index (χ2n) is 9.37. The third-order valence-electron chi connectivity index (χ3n) is 7.17. The highest BCUT2D eigenvalue weighted by Gasteiger charge is 2.53. The van der Waals surface area contributed by atoms with Gasteiger partial charge in [-0.25, -0.2) is 13.2 Å². The van der Waals surface area contributed by atoms with E-state index in [1.54, 1.807) is 9.80 Å². The van der Waals surface area contributed by atoms with Gasteiger partial charge < -0.3 is 20.0 Å². The van der Waals surface area contributed by atoms with Gasteiger partial charge in [-0.1, -0.05) is 0 Å². The van der Waals surface area contributed by atoms with Gasteiger partial charge in [0.15, 0.2) is 6.23 Å². The maximum Gasteiger partial charge on any atom is 0.303 e. The number of fused-ring (bicyclic) bond motifs is 2. The molecular formula is C25H25F3N2O4. The van der Waals surface area contributed by atoms with E-state index in [0.29, 0.717) is 17.7 Å². The number of rotatable bonds is 7. The number of hydrogen-bond donors (Lipinski definition) is 2. The average molecular weight is 474 g/mol. The van der Waals surface area contributed by atoms with Gasteiger partial charge in [-0.05, 0) is 56.0 Å². The van der Waals surface area contributed by atoms with Crippen LogP contribution in [0.3, 0.4) is 0 Å². The Labute approximate surface area is 194 Å². The highest BCUT2D eigenvalue weighted by atomic mass is 19.1. The fourth-order valence-corrected chi connectivity index (χ4v) is 5.46. The van der Waals surface area contributed by atoms with Crippen LogP contribution in [0.1, 0.15) is 61.9 Å². The molecule has 2 N–H and O–H groups in total. The first-order valence-electron chi connectivity index (χ1n) is 11.5. The smallest absolute Gasteiger partial charge is 0.303 e. The highest BCUT2D eigenvalue weighted by molar-refractivity contribution is 5.82. The number of hydrogen-bond acceptors (Lipinski definition) is 4. The molecule has 5 rings (SSSR count). The molecule has 34 heavy (non-hydrogen) atoms. The van der Waals surface area contributed by atoms with Gasteiger partial charge in [0.25, 0.3) is 0 Å². The summed E-state index contributed by atoms with van der Waals surface area (Å²) in [5.74, 6) is -3.58. The van der Waals surface area contributed by atoms with Gasteiger partial charge in [0, 0.05) is 47.3 Å². The molecule has 0 spiro atoms. The van der Waals surface area contributed by atoms with Crippen molar-refractivity contribution in [2.24, 2.45) is 5.92 Å². The van der Waals surface area contributed by atoms with E-state index in [9.17, 15) is 27.9 Å². The first-order chi connectivity index (χ1) is 16.2. The second kappa shape index (κ2) is 8.61. The van der Waals surface area contributed by atoms with Crippen LogP contribution >= 0.6 is 0 Å². The molecule has 0 aromatic heterocycles. The predicted molar refractivity (Wildman–Crippen MR) is 116 cm³/mol. The van der Waals surface area contributed by atoms with Crippen molar-refractivity contribution in [3.05, 3.63) is 65.0 Å². The van der Waals surface area contributed by atoms with Gasteiger partial charge in [-0.15, -0.1) is 0 Å². The lowest BCUT2D eigenvalue weighted by molar-refractivity contribution is -0.143. The molecule has 1 heterocycles. The van der Waals surface area contributed by atoms with Gasteiger partial charge in [-0.2, -0.15) is 0 Å². The molecular weight excluding hydrogens is 449 g/mol. The molecule has 2 aliphatic carbocycles. The van der Waals surface area contributed by atoms with Crippen molar-refractivity contribution in [1.82, 2.24) is 4.90 Å². The molecule has 0 saturated heterocycles. The Balaban J connectivity index is 1.56. The van der Waals surface area contributed by atoms with E-state index in [2.05, 4.69) is 0 Å². The zero-order chi connectivity index (χ0) is 24.1. The summed E-state index contributed by atoms with van der Waals surface area (Å²) in [6, 6.07) is 6.30. The van der Waals surface area contributed by atoms with E-state index < -0.39 is 35.7 Å². The van der Waals surface area contributed by atoms with Crippen LogP contribution in [0.15, 0.2) is 36.4 Å². The van der Waals surface area contributed by atoms with Crippen LogP contribution in [0.25, 0.3) is 0 Å². The number of carboxylic acid groups (broad SMARTS) is 1. The zero-order valence-corrected chi connectivity index (χ0v) is 18.3. The summed E-state index contributed by atoms with van der Waals surface area (Å²) in [6.07, 6.45) is 1.23. The number of anilines is 1. The SMILES string of the molecule is O=C(O)CCC(=O)N(C1CC1)C1c2cc(F)ccc2N(C(O)c2cc(F)cc(F)c2)C2CCC12. The van der Waals surface area contributed by atoms with Crippen molar-refractivity contribution in [2.45, 2.75) is 62.9 Å². The largest absolute Gasteiger partial charge is 0.481 e. The summed E-state index contributed by atoms with van der Waals surface area (Å²) < 4.78 is 42.2. The standard InChI is InChI=1S/C25H25F3N2O4/c26-14-1-5-21-19(12-14)24(29(17-2-3-17)22(31)7-8-23(32)33)18-4-6-20(18)30(21)25(34)13-9-15(27)11-16(28)10-13/h1,5,9-12,17-18,20,24-25,34H,2-4,6-8H2,(H,32,33). The predicted octanol–water partition coefficient (Wildman–Crippen LogP) is 4.29. The normalized spacial score (nSPS) is 24.0. The lowest BCUT2D eigenvalue weighted by Crippen LogP contribution is -2.58. The van der Waals surface area contributed by atoms with Crippen molar-refractivity contribution in [3.8, 4) is 0 Å². The Kier molecular flexibility index (Phi) is 5.75. The Morgan fingerprint density at radius 2 is 1.68 bits per heavy atom. The molecule has 2 saturated carbocycles. The van der Waals surface area contributed by atoms with E-state index >= 15 is 0 Å². The van der Waals surface area contributed by atoms with E-state index in [1.807, 2.05) is 0 Å². The average Bonchev–Trinajstić information content (AvgIpc) is 3.58. The number of carbonyl (C=O) groups is 2. The third kappa shape index (κ3) is 4.02. The Morgan fingerprint density at radius 3 is 2.26 bits per heavy atom. The highest BCUT2D eigenvalue weighted by Crippen LogP contribution is 2.56. The number of carboxylic acids is 1. The van der Waals surface area contributed by atoms with Crippen LogP contribution in [0, 0.1) is 23.4 Å². The first kappa shape index (κ1) is 22.7. The Morgan fingerprint density at radius 1 is 0.971 bits per heavy atom. The lowest BCUT2D eigenvalue weighted by Gasteiger charge is -2.57. The molecule has 2 aromatic rings. The number of carbonyl (C=O) groups excluding carboxylic acids is 1. The Hall–Kier alpha value is -3.07. The minimum Gasteiger partial charge on any atom is -0.481 e. The molecule has 2 fully saturated rings. The molecule has 0 bridgehead atoms. The zero-order valence-electron chi connectivity index (χ0n) is 18.3. The summed E-state index contributed by atoms with van der Waals surface area (Å²) in [5.41, 5.74) is 1.07. The van der Waals surface area contributed by atoms with Crippen LogP contribution < -0.4 is 4.90 Å². The van der Waals surface area contributed by atoms with Crippen LogP contribution in [-0.2, 0) is 9.59 Å². The topological polar surface area (TPSA) is 81.1 Å². The lowest BCUT2D eigenvalue weighted by atomic mass is 9.67. The third-order valence-corrected chi connectivity index (χ3v) is 7.17. The molecule has 180 valence electrons. The first-order valence-corrected chi connectivity index (χ1v) is 11.5. The fourth-order valence-electron chi connectivity index (χ4n) is 5.46. The van der Waals surface area contributed by atoms with E-state index in [-0.39, 0.29) is 42.3 Å². The number of aliphatic carboxylic acids is 1. The van der Waals surface area contributed by atoms with Crippen LogP contribution in [0.4, 0.5) is 18.9 Å². The fraction of sp³-hybridized carbons (Fsp3) is 0.440. The number of amides is 1. The quantitative estimate of drug-likeness (QED) is 0.626. The molecule has 4 unspecified atom stereocenters. The van der Waals surface area contributed by atoms with Gasteiger partial charge >= 0.3 is 5.97 Å². The monoisotopic (exact) mass is 474 g/mol. The van der Waals surface area contributed by atoms with Crippen LogP contribution in [0.2, 0.25) is 0 Å². The van der Waals surface area contributed by atoms with Gasteiger partial charge in [0.1, 0.15) is 17.5 Å². The molecule has 3 aliphatic rings. The molecule has 6 nitrogen and oxygen atoms in total. The number of nitrogens with zero attached hydrogens (tertiary/aromatic N) is 2. The minimum atomic E-state index is -1.36. The van der Waals surface area contributed by atoms with Gasteiger partial charge in [0.2, 0.25) is 5.91 Å². The summed E-state index contributed by atoms with van der Waals surface area (Å²) in [7, 11) is 0. The molecule has 1 amide bonds. The number of aliphatic hydroxyl groups excluding tert-OH is 1. The van der Waals surface area contributed by atoms with Crippen molar-refractivity contribution >= 4 is 17.6 Å². The second-order valence-corrected chi connectivity index (χ2v) is 9.37. The minimum absolute atomic E-state index is 0.0301. The maximum atomic E-state index is 14.4. The molecule has 0 radical (unpaired) electrons. The number of halogens is 3. The van der Waals surface area contributed by atoms with Crippen molar-refractivity contribution in [3.63, 3.8) is 0 Å². The van der Waals surface area contributed by atoms with Gasteiger partial charge in [0.05, 0.1) is 12.5 Å². The summed E-state index contributed by atoms with van der Waals surface area (Å²) in [4.78, 5) is 27.6. The van der Waals surface area contributed by atoms with Gasteiger partial charge in [-0.3, -0.25) is 9.59 Å². The number of aliphatic hydroxyl groups is 1. The van der Waals surface area contributed by atoms with E-state index in [4.69, 9.17) is 5.11 Å². The summed E-state index contributed by atoms with van der Waals surface area (Å²) >= 11 is 0. The van der Waals surface area contributed by atoms with E-state index in [1.165, 1.54) is 18.2 Å².